The summed E-state index contributed by atoms with van der Waals surface area (Å²) in [4.78, 5) is 23.0. The maximum absolute atomic E-state index is 11.9. The SMILES string of the molecule is CN[C@@H]1CCCN(c2cnc(C(N)=O)c(Nc3cnn(C4CCNCC4)c3)n2)C1. The lowest BCUT2D eigenvalue weighted by atomic mass is 10.1. The van der Waals surface area contributed by atoms with Crippen LogP contribution in [-0.2, 0) is 0 Å². The molecule has 0 unspecified atom stereocenters. The molecular formula is C19H29N9O. The van der Waals surface area contributed by atoms with Gasteiger partial charge in [0.05, 0.1) is 24.1 Å². The molecule has 10 heteroatoms. The number of anilines is 3. The summed E-state index contributed by atoms with van der Waals surface area (Å²) in [5.74, 6) is 0.499. The van der Waals surface area contributed by atoms with Gasteiger partial charge in [-0.1, -0.05) is 0 Å². The number of carbonyl (C=O) groups is 1. The van der Waals surface area contributed by atoms with Gasteiger partial charge in [-0.2, -0.15) is 5.10 Å². The fraction of sp³-hybridized carbons (Fsp3) is 0.579. The number of piperidine rings is 2. The quantitative estimate of drug-likeness (QED) is 0.557. The molecule has 0 bridgehead atoms. The standard InChI is InChI=1S/C19H29N9O/c1-21-13-3-2-8-27(11-13)16-10-23-17(18(20)29)19(26-16)25-14-9-24-28(12-14)15-4-6-22-7-5-15/h9-10,12-13,15,21-22H,2-8,11H2,1H3,(H2,20,29)(H,25,26)/t13-/m1/s1. The molecule has 4 heterocycles. The van der Waals surface area contributed by atoms with Gasteiger partial charge in [-0.15, -0.1) is 0 Å². The van der Waals surface area contributed by atoms with E-state index in [1.165, 1.54) is 0 Å². The van der Waals surface area contributed by atoms with Crippen molar-refractivity contribution in [3.05, 3.63) is 24.3 Å². The van der Waals surface area contributed by atoms with Crippen LogP contribution in [0.4, 0.5) is 17.3 Å². The van der Waals surface area contributed by atoms with Crippen molar-refractivity contribution in [2.45, 2.75) is 37.8 Å². The Morgan fingerprint density at radius 3 is 2.86 bits per heavy atom. The number of nitrogens with one attached hydrogen (secondary N) is 3. The van der Waals surface area contributed by atoms with Crippen LogP contribution in [0, 0.1) is 0 Å². The zero-order valence-electron chi connectivity index (χ0n) is 16.8. The van der Waals surface area contributed by atoms with Crippen molar-refractivity contribution in [1.82, 2.24) is 30.4 Å². The molecule has 0 aliphatic carbocycles. The van der Waals surface area contributed by atoms with Crippen LogP contribution in [0.1, 0.15) is 42.2 Å². The van der Waals surface area contributed by atoms with E-state index in [0.717, 1.165) is 63.4 Å². The number of nitrogens with two attached hydrogens (primary N) is 1. The molecule has 5 N–H and O–H groups in total. The van der Waals surface area contributed by atoms with Crippen molar-refractivity contribution in [2.75, 3.05) is 43.4 Å². The summed E-state index contributed by atoms with van der Waals surface area (Å²) in [5, 5.41) is 14.4. The maximum Gasteiger partial charge on any atom is 0.271 e. The third-order valence-electron chi connectivity index (χ3n) is 5.69. The Morgan fingerprint density at radius 1 is 1.28 bits per heavy atom. The number of hydrogen-bond acceptors (Lipinski definition) is 8. The summed E-state index contributed by atoms with van der Waals surface area (Å²) in [6, 6.07) is 0.799. The summed E-state index contributed by atoms with van der Waals surface area (Å²) < 4.78 is 1.98. The van der Waals surface area contributed by atoms with Crippen LogP contribution < -0.4 is 26.6 Å². The number of primary amides is 1. The fourth-order valence-corrected chi connectivity index (χ4v) is 4.03. The Hall–Kier alpha value is -2.72. The molecule has 0 saturated carbocycles. The van der Waals surface area contributed by atoms with E-state index >= 15 is 0 Å². The van der Waals surface area contributed by atoms with Gasteiger partial charge in [0.2, 0.25) is 0 Å². The predicted octanol–water partition coefficient (Wildman–Crippen LogP) is 0.628. The minimum Gasteiger partial charge on any atom is -0.364 e. The first kappa shape index (κ1) is 19.6. The summed E-state index contributed by atoms with van der Waals surface area (Å²) >= 11 is 0. The van der Waals surface area contributed by atoms with Crippen LogP contribution in [0.25, 0.3) is 0 Å². The average Bonchev–Trinajstić information content (AvgIpc) is 3.22. The van der Waals surface area contributed by atoms with Gasteiger partial charge in [0, 0.05) is 25.3 Å². The number of likely N-dealkylation sites (N-methyl/N-ethyl adjacent to an activating group) is 1. The largest absolute Gasteiger partial charge is 0.364 e. The highest BCUT2D eigenvalue weighted by Crippen LogP contribution is 2.25. The Bertz CT molecular complexity index is 846. The number of rotatable bonds is 6. The molecule has 4 rings (SSSR count). The smallest absolute Gasteiger partial charge is 0.271 e. The second-order valence-electron chi connectivity index (χ2n) is 7.68. The third kappa shape index (κ3) is 4.48. The van der Waals surface area contributed by atoms with E-state index < -0.39 is 5.91 Å². The molecule has 0 spiro atoms. The van der Waals surface area contributed by atoms with Crippen molar-refractivity contribution in [2.24, 2.45) is 5.73 Å². The summed E-state index contributed by atoms with van der Waals surface area (Å²) in [7, 11) is 1.98. The molecule has 10 nitrogen and oxygen atoms in total. The zero-order valence-corrected chi connectivity index (χ0v) is 16.8. The number of carbonyl (C=O) groups excluding carboxylic acids is 1. The number of amides is 1. The summed E-state index contributed by atoms with van der Waals surface area (Å²) in [6.45, 7) is 3.76. The molecule has 29 heavy (non-hydrogen) atoms. The van der Waals surface area contributed by atoms with E-state index in [-0.39, 0.29) is 5.69 Å². The lowest BCUT2D eigenvalue weighted by Gasteiger charge is -2.33. The van der Waals surface area contributed by atoms with Crippen LogP contribution in [-0.4, -0.2) is 64.9 Å². The van der Waals surface area contributed by atoms with Crippen LogP contribution >= 0.6 is 0 Å². The first-order chi connectivity index (χ1) is 14.1. The highest BCUT2D eigenvalue weighted by Gasteiger charge is 2.22. The molecule has 1 amide bonds. The van der Waals surface area contributed by atoms with Crippen molar-refractivity contribution >= 4 is 23.2 Å². The highest BCUT2D eigenvalue weighted by molar-refractivity contribution is 5.96. The number of hydrogen-bond donors (Lipinski definition) is 4. The van der Waals surface area contributed by atoms with Gasteiger partial charge in [0.15, 0.2) is 11.5 Å². The van der Waals surface area contributed by atoms with Gasteiger partial charge < -0.3 is 26.6 Å². The van der Waals surface area contributed by atoms with Crippen molar-refractivity contribution < 1.29 is 4.79 Å². The molecule has 2 fully saturated rings. The highest BCUT2D eigenvalue weighted by atomic mass is 16.1. The van der Waals surface area contributed by atoms with Crippen LogP contribution in [0.2, 0.25) is 0 Å². The van der Waals surface area contributed by atoms with E-state index in [2.05, 4.69) is 35.9 Å². The second-order valence-corrected chi connectivity index (χ2v) is 7.68. The second kappa shape index (κ2) is 8.75. The predicted molar refractivity (Wildman–Crippen MR) is 111 cm³/mol. The van der Waals surface area contributed by atoms with Crippen molar-refractivity contribution in [3.63, 3.8) is 0 Å². The van der Waals surface area contributed by atoms with E-state index in [0.29, 0.717) is 17.9 Å². The third-order valence-corrected chi connectivity index (χ3v) is 5.69. The first-order valence-corrected chi connectivity index (χ1v) is 10.2. The molecule has 1 atom stereocenters. The molecule has 2 aromatic heterocycles. The number of aromatic nitrogens is 4. The molecule has 0 radical (unpaired) electrons. The molecule has 2 aliphatic rings. The van der Waals surface area contributed by atoms with Gasteiger partial charge in [-0.25, -0.2) is 9.97 Å². The minimum absolute atomic E-state index is 0.130. The monoisotopic (exact) mass is 399 g/mol. The molecule has 2 aromatic rings. The molecule has 156 valence electrons. The van der Waals surface area contributed by atoms with E-state index in [4.69, 9.17) is 5.73 Å². The van der Waals surface area contributed by atoms with Crippen LogP contribution in [0.15, 0.2) is 18.6 Å². The van der Waals surface area contributed by atoms with Gasteiger partial charge in [0.1, 0.15) is 5.82 Å². The molecule has 2 aliphatic heterocycles. The topological polar surface area (TPSA) is 126 Å². The summed E-state index contributed by atoms with van der Waals surface area (Å²) in [6.07, 6.45) is 9.64. The van der Waals surface area contributed by atoms with Gasteiger partial charge in [-0.05, 0) is 45.8 Å². The van der Waals surface area contributed by atoms with E-state index in [9.17, 15) is 4.79 Å². The Labute approximate surface area is 170 Å². The Morgan fingerprint density at radius 2 is 2.10 bits per heavy atom. The maximum atomic E-state index is 11.9. The van der Waals surface area contributed by atoms with Gasteiger partial charge in [0.25, 0.3) is 5.91 Å². The zero-order chi connectivity index (χ0) is 20.2. The average molecular weight is 400 g/mol. The fourth-order valence-electron chi connectivity index (χ4n) is 4.03. The van der Waals surface area contributed by atoms with Crippen LogP contribution in [0.5, 0.6) is 0 Å². The lowest BCUT2D eigenvalue weighted by molar-refractivity contribution is 0.0996. The molecule has 0 aromatic carbocycles. The van der Waals surface area contributed by atoms with Crippen LogP contribution in [0.3, 0.4) is 0 Å². The Kier molecular flexibility index (Phi) is 5.91. The van der Waals surface area contributed by atoms with Gasteiger partial charge in [-0.3, -0.25) is 9.48 Å². The van der Waals surface area contributed by atoms with E-state index in [1.807, 2.05) is 17.9 Å². The molecule has 2 saturated heterocycles. The minimum atomic E-state index is -0.607. The first-order valence-electron chi connectivity index (χ1n) is 10.2. The van der Waals surface area contributed by atoms with Crippen molar-refractivity contribution in [3.8, 4) is 0 Å². The molecular weight excluding hydrogens is 370 g/mol. The summed E-state index contributed by atoms with van der Waals surface area (Å²) in [5.41, 5.74) is 6.43. The number of nitrogens with zero attached hydrogens (tertiary/aromatic N) is 5. The normalized spacial score (nSPS) is 20.6. The lowest BCUT2D eigenvalue weighted by Crippen LogP contribution is -2.44. The van der Waals surface area contributed by atoms with Gasteiger partial charge >= 0.3 is 0 Å². The Balaban J connectivity index is 1.55. The van der Waals surface area contributed by atoms with Crippen molar-refractivity contribution in [1.29, 1.82) is 0 Å². The van der Waals surface area contributed by atoms with E-state index in [1.54, 1.807) is 12.4 Å².